The first-order chi connectivity index (χ1) is 13.9. The Labute approximate surface area is 173 Å². The lowest BCUT2D eigenvalue weighted by Gasteiger charge is -2.32. The molecular weight excluding hydrogens is 386 g/mol. The molecule has 0 saturated carbocycles. The molecule has 0 aliphatic carbocycles. The Morgan fingerprint density at radius 2 is 1.79 bits per heavy atom. The second-order valence-electron chi connectivity index (χ2n) is 7.29. The van der Waals surface area contributed by atoms with Crippen molar-refractivity contribution in [3.8, 4) is 0 Å². The number of hydrogen-bond acceptors (Lipinski definition) is 4. The molecule has 0 bridgehead atoms. The number of carbonyl (C=O) groups excluding carboxylic acids is 1. The van der Waals surface area contributed by atoms with Gasteiger partial charge >= 0.3 is 5.97 Å². The minimum absolute atomic E-state index is 0.211. The third-order valence-electron chi connectivity index (χ3n) is 5.25. The molecule has 154 valence electrons. The minimum Gasteiger partial charge on any atom is -0.468 e. The summed E-state index contributed by atoms with van der Waals surface area (Å²) in [6.45, 7) is 3.95. The van der Waals surface area contributed by atoms with Crippen molar-refractivity contribution in [2.45, 2.75) is 50.0 Å². The molecule has 0 unspecified atom stereocenters. The molecule has 2 aromatic rings. The van der Waals surface area contributed by atoms with Crippen LogP contribution >= 0.6 is 0 Å². The van der Waals surface area contributed by atoms with Crippen LogP contribution in [0.2, 0.25) is 0 Å². The fraction of sp³-hybridized carbons (Fsp3) is 0.348. The molecule has 3 rings (SSSR count). The van der Waals surface area contributed by atoms with Gasteiger partial charge in [0.25, 0.3) is 10.0 Å². The molecule has 0 amide bonds. The summed E-state index contributed by atoms with van der Waals surface area (Å²) in [5, 5.41) is 0. The molecule has 5 nitrogen and oxygen atoms in total. The van der Waals surface area contributed by atoms with Crippen molar-refractivity contribution in [2.24, 2.45) is 0 Å². The number of nitrogens with zero attached hydrogens (tertiary/aromatic N) is 1. The van der Waals surface area contributed by atoms with Crippen LogP contribution < -0.4 is 0 Å². The van der Waals surface area contributed by atoms with Crippen LogP contribution in [0.3, 0.4) is 0 Å². The summed E-state index contributed by atoms with van der Waals surface area (Å²) >= 11 is 0. The smallest absolute Gasteiger partial charge is 0.319 e. The predicted molar refractivity (Wildman–Crippen MR) is 113 cm³/mol. The molecule has 0 aromatic heterocycles. The van der Waals surface area contributed by atoms with Gasteiger partial charge < -0.3 is 4.74 Å². The van der Waals surface area contributed by atoms with E-state index in [1.807, 2.05) is 50.3 Å². The Hall–Kier alpha value is -2.60. The van der Waals surface area contributed by atoms with Crippen LogP contribution in [0, 0.1) is 6.92 Å². The maximum atomic E-state index is 13.6. The van der Waals surface area contributed by atoms with Crippen LogP contribution in [-0.2, 0) is 19.6 Å². The van der Waals surface area contributed by atoms with E-state index in [1.165, 1.54) is 11.4 Å². The van der Waals surface area contributed by atoms with Gasteiger partial charge in [0.1, 0.15) is 5.92 Å². The lowest BCUT2D eigenvalue weighted by Crippen LogP contribution is -2.39. The Balaban J connectivity index is 2.10. The summed E-state index contributed by atoms with van der Waals surface area (Å²) in [6, 6.07) is 15.8. The summed E-state index contributed by atoms with van der Waals surface area (Å²) in [5.74, 6) is -1.26. The van der Waals surface area contributed by atoms with Crippen LogP contribution in [0.15, 0.2) is 71.3 Å². The SMILES string of the molecule is CCC[C@@H]1CC=C([C@@H](C(=O)OC)c2ccccc2)N1S(=O)(=O)c1ccc(C)cc1. The number of rotatable bonds is 7. The van der Waals surface area contributed by atoms with E-state index in [-0.39, 0.29) is 10.9 Å². The highest BCUT2D eigenvalue weighted by atomic mass is 32.2. The monoisotopic (exact) mass is 413 g/mol. The van der Waals surface area contributed by atoms with Crippen LogP contribution in [0.4, 0.5) is 0 Å². The predicted octanol–water partition coefficient (Wildman–Crippen LogP) is 4.40. The molecule has 0 fully saturated rings. The molecule has 2 atom stereocenters. The summed E-state index contributed by atoms with van der Waals surface area (Å²) in [7, 11) is -2.48. The van der Waals surface area contributed by atoms with Gasteiger partial charge in [0.05, 0.1) is 12.0 Å². The van der Waals surface area contributed by atoms with Gasteiger partial charge in [-0.05, 0) is 37.5 Å². The summed E-state index contributed by atoms with van der Waals surface area (Å²) in [6.07, 6.45) is 4.02. The van der Waals surface area contributed by atoms with Gasteiger partial charge in [-0.1, -0.05) is 67.4 Å². The first-order valence-electron chi connectivity index (χ1n) is 9.84. The van der Waals surface area contributed by atoms with Crippen molar-refractivity contribution < 1.29 is 17.9 Å². The summed E-state index contributed by atoms with van der Waals surface area (Å²) < 4.78 is 33.8. The van der Waals surface area contributed by atoms with Gasteiger partial charge in [-0.2, -0.15) is 0 Å². The van der Waals surface area contributed by atoms with E-state index in [9.17, 15) is 13.2 Å². The van der Waals surface area contributed by atoms with E-state index in [2.05, 4.69) is 0 Å². The molecule has 6 heteroatoms. The first kappa shape index (κ1) is 21.1. The van der Waals surface area contributed by atoms with Crippen molar-refractivity contribution in [2.75, 3.05) is 7.11 Å². The lowest BCUT2D eigenvalue weighted by atomic mass is 9.96. The van der Waals surface area contributed by atoms with Gasteiger partial charge in [0.15, 0.2) is 0 Å². The van der Waals surface area contributed by atoms with Gasteiger partial charge in [0, 0.05) is 11.7 Å². The number of carbonyl (C=O) groups is 1. The van der Waals surface area contributed by atoms with E-state index in [1.54, 1.807) is 24.3 Å². The molecule has 1 heterocycles. The molecule has 0 N–H and O–H groups in total. The minimum atomic E-state index is -3.81. The van der Waals surface area contributed by atoms with Gasteiger partial charge in [0.2, 0.25) is 0 Å². The van der Waals surface area contributed by atoms with E-state index in [4.69, 9.17) is 4.74 Å². The highest BCUT2D eigenvalue weighted by Gasteiger charge is 2.42. The van der Waals surface area contributed by atoms with Crippen molar-refractivity contribution in [3.05, 3.63) is 77.5 Å². The summed E-state index contributed by atoms with van der Waals surface area (Å²) in [4.78, 5) is 13.0. The summed E-state index contributed by atoms with van der Waals surface area (Å²) in [5.41, 5.74) is 2.18. The zero-order chi connectivity index (χ0) is 21.0. The van der Waals surface area contributed by atoms with Crippen molar-refractivity contribution in [1.29, 1.82) is 0 Å². The Morgan fingerprint density at radius 1 is 1.14 bits per heavy atom. The molecule has 0 saturated heterocycles. The quantitative estimate of drug-likeness (QED) is 0.631. The Bertz CT molecular complexity index is 981. The molecule has 29 heavy (non-hydrogen) atoms. The molecule has 1 aliphatic rings. The zero-order valence-corrected chi connectivity index (χ0v) is 17.9. The number of esters is 1. The number of ether oxygens (including phenoxy) is 1. The maximum absolute atomic E-state index is 13.6. The van der Waals surface area contributed by atoms with Crippen LogP contribution in [0.1, 0.15) is 43.2 Å². The second kappa shape index (κ2) is 8.82. The van der Waals surface area contributed by atoms with E-state index in [0.29, 0.717) is 24.1 Å². The topological polar surface area (TPSA) is 63.7 Å². The molecule has 0 spiro atoms. The lowest BCUT2D eigenvalue weighted by molar-refractivity contribution is -0.141. The van der Waals surface area contributed by atoms with Crippen molar-refractivity contribution in [1.82, 2.24) is 4.31 Å². The highest BCUT2D eigenvalue weighted by Crippen LogP contribution is 2.40. The average molecular weight is 414 g/mol. The maximum Gasteiger partial charge on any atom is 0.319 e. The van der Waals surface area contributed by atoms with Crippen LogP contribution in [0.5, 0.6) is 0 Å². The fourth-order valence-electron chi connectivity index (χ4n) is 3.82. The first-order valence-corrected chi connectivity index (χ1v) is 11.3. The van der Waals surface area contributed by atoms with E-state index in [0.717, 1.165) is 12.0 Å². The van der Waals surface area contributed by atoms with Crippen molar-refractivity contribution >= 4 is 16.0 Å². The van der Waals surface area contributed by atoms with Gasteiger partial charge in [-0.15, -0.1) is 0 Å². The highest BCUT2D eigenvalue weighted by molar-refractivity contribution is 7.89. The zero-order valence-electron chi connectivity index (χ0n) is 17.0. The average Bonchev–Trinajstić information content (AvgIpc) is 3.13. The molecule has 1 aliphatic heterocycles. The largest absolute Gasteiger partial charge is 0.468 e. The third-order valence-corrected chi connectivity index (χ3v) is 7.15. The normalized spacial score (nSPS) is 17.7. The van der Waals surface area contributed by atoms with Crippen molar-refractivity contribution in [3.63, 3.8) is 0 Å². The Morgan fingerprint density at radius 3 is 2.38 bits per heavy atom. The molecular formula is C23H27NO4S. The Kier molecular flexibility index (Phi) is 6.42. The fourth-order valence-corrected chi connectivity index (χ4v) is 5.57. The number of benzene rings is 2. The van der Waals surface area contributed by atoms with Crippen LogP contribution in [0.25, 0.3) is 0 Å². The molecule has 2 aromatic carbocycles. The number of aryl methyl sites for hydroxylation is 1. The standard InChI is InChI=1S/C23H27NO4S/c1-4-8-19-13-16-21(22(23(25)28-3)18-9-6-5-7-10-18)24(19)29(26,27)20-14-11-17(2)12-15-20/h5-7,9-12,14-16,19,22H,4,8,13H2,1-3H3/t19-,22+/m1/s1. The third kappa shape index (κ3) is 4.22. The number of methoxy groups -OCH3 is 1. The molecule has 0 radical (unpaired) electrons. The van der Waals surface area contributed by atoms with Gasteiger partial charge in [-0.25, -0.2) is 8.42 Å². The number of hydrogen-bond donors (Lipinski definition) is 0. The van der Waals surface area contributed by atoms with Gasteiger partial charge in [-0.3, -0.25) is 9.10 Å². The number of sulfonamides is 1. The van der Waals surface area contributed by atoms with E-state index < -0.39 is 21.9 Å². The van der Waals surface area contributed by atoms with Crippen LogP contribution in [-0.4, -0.2) is 31.8 Å². The second-order valence-corrected chi connectivity index (χ2v) is 9.10. The van der Waals surface area contributed by atoms with E-state index >= 15 is 0 Å².